The Morgan fingerprint density at radius 3 is 2.58 bits per heavy atom. The third kappa shape index (κ3) is 4.88. The van der Waals surface area contributed by atoms with Gasteiger partial charge >= 0.3 is 0 Å². The summed E-state index contributed by atoms with van der Waals surface area (Å²) < 4.78 is 27.1. The molecule has 0 N–H and O–H groups in total. The van der Waals surface area contributed by atoms with Crippen LogP contribution in [-0.4, -0.2) is 64.2 Å². The van der Waals surface area contributed by atoms with Gasteiger partial charge in [-0.15, -0.1) is 10.2 Å². The highest BCUT2D eigenvalue weighted by atomic mass is 32.2. The van der Waals surface area contributed by atoms with Crippen LogP contribution in [0.5, 0.6) is 5.75 Å². The molecule has 1 fully saturated rings. The molecule has 7 nitrogen and oxygen atoms in total. The van der Waals surface area contributed by atoms with Gasteiger partial charge in [0.2, 0.25) is 5.91 Å². The largest absolute Gasteiger partial charge is 0.494 e. The van der Waals surface area contributed by atoms with Crippen molar-refractivity contribution in [1.82, 2.24) is 19.7 Å². The fourth-order valence-electron chi connectivity index (χ4n) is 3.30. The highest BCUT2D eigenvalue weighted by Gasteiger charge is 2.22. The monoisotopic (exact) mass is 442 g/mol. The molecule has 1 amide bonds. The van der Waals surface area contributed by atoms with E-state index in [0.717, 1.165) is 11.3 Å². The lowest BCUT2D eigenvalue weighted by Gasteiger charge is -2.26. The SMILES string of the molecule is CCOc1ccc(-c2nnc(SCC(=O)N3CCOCC3)n2-c2ccccc2F)cc1. The number of hydrogen-bond donors (Lipinski definition) is 0. The molecule has 1 saturated heterocycles. The molecule has 0 aliphatic carbocycles. The van der Waals surface area contributed by atoms with Crippen LogP contribution in [0.15, 0.2) is 53.7 Å². The maximum absolute atomic E-state index is 14.7. The topological polar surface area (TPSA) is 69.5 Å². The summed E-state index contributed by atoms with van der Waals surface area (Å²) in [7, 11) is 0. The van der Waals surface area contributed by atoms with E-state index >= 15 is 0 Å². The van der Waals surface area contributed by atoms with Crippen molar-refractivity contribution in [1.29, 1.82) is 0 Å². The molecule has 0 atom stereocenters. The molecule has 162 valence electrons. The Bertz CT molecular complexity index is 1040. The second kappa shape index (κ2) is 9.93. The number of rotatable bonds is 7. The number of nitrogens with zero attached hydrogens (tertiary/aromatic N) is 4. The van der Waals surface area contributed by atoms with Crippen LogP contribution in [-0.2, 0) is 9.53 Å². The number of amides is 1. The standard InChI is InChI=1S/C22H23FN4O3S/c1-2-30-17-9-7-16(8-10-17)21-24-25-22(27(21)19-6-4-3-5-18(19)23)31-15-20(28)26-11-13-29-14-12-26/h3-10H,2,11-15H2,1H3. The molecule has 4 rings (SSSR count). The van der Waals surface area contributed by atoms with Crippen molar-refractivity contribution in [3.8, 4) is 22.8 Å². The van der Waals surface area contributed by atoms with E-state index in [1.165, 1.54) is 17.8 Å². The van der Waals surface area contributed by atoms with Gasteiger partial charge < -0.3 is 14.4 Å². The maximum Gasteiger partial charge on any atom is 0.233 e. The van der Waals surface area contributed by atoms with Crippen molar-refractivity contribution in [3.63, 3.8) is 0 Å². The molecule has 31 heavy (non-hydrogen) atoms. The van der Waals surface area contributed by atoms with Gasteiger partial charge in [-0.1, -0.05) is 23.9 Å². The third-order valence-electron chi connectivity index (χ3n) is 4.84. The van der Waals surface area contributed by atoms with Crippen molar-refractivity contribution >= 4 is 17.7 Å². The van der Waals surface area contributed by atoms with Gasteiger partial charge in [0.15, 0.2) is 11.0 Å². The summed E-state index contributed by atoms with van der Waals surface area (Å²) in [5, 5.41) is 9.03. The Balaban J connectivity index is 1.64. The molecule has 1 aromatic heterocycles. The van der Waals surface area contributed by atoms with Gasteiger partial charge in [-0.3, -0.25) is 9.36 Å². The van der Waals surface area contributed by atoms with Gasteiger partial charge in [-0.2, -0.15) is 0 Å². The van der Waals surface area contributed by atoms with Crippen molar-refractivity contribution in [2.75, 3.05) is 38.7 Å². The molecule has 9 heteroatoms. The van der Waals surface area contributed by atoms with Gasteiger partial charge in [-0.25, -0.2) is 4.39 Å². The Kier molecular flexibility index (Phi) is 6.83. The smallest absolute Gasteiger partial charge is 0.233 e. The van der Waals surface area contributed by atoms with Crippen molar-refractivity contribution < 1.29 is 18.7 Å². The Morgan fingerprint density at radius 1 is 1.13 bits per heavy atom. The first-order valence-electron chi connectivity index (χ1n) is 10.1. The lowest BCUT2D eigenvalue weighted by molar-refractivity contribution is -0.132. The molecule has 0 unspecified atom stereocenters. The normalized spacial score (nSPS) is 13.9. The number of carbonyl (C=O) groups excluding carboxylic acids is 1. The Labute approximate surface area is 184 Å². The summed E-state index contributed by atoms with van der Waals surface area (Å²) in [5.74, 6) is 1.04. The number of aromatic nitrogens is 3. The summed E-state index contributed by atoms with van der Waals surface area (Å²) in [4.78, 5) is 14.3. The van der Waals surface area contributed by atoms with Gasteiger partial charge in [-0.05, 0) is 43.3 Å². The van der Waals surface area contributed by atoms with Crippen LogP contribution in [0.2, 0.25) is 0 Å². The van der Waals surface area contributed by atoms with E-state index in [4.69, 9.17) is 9.47 Å². The fourth-order valence-corrected chi connectivity index (χ4v) is 4.15. The van der Waals surface area contributed by atoms with Crippen LogP contribution in [0.3, 0.4) is 0 Å². The minimum absolute atomic E-state index is 0.000925. The molecule has 1 aliphatic rings. The third-order valence-corrected chi connectivity index (χ3v) is 5.75. The maximum atomic E-state index is 14.7. The molecule has 0 bridgehead atoms. The molecular formula is C22H23FN4O3S. The highest BCUT2D eigenvalue weighted by Crippen LogP contribution is 2.30. The summed E-state index contributed by atoms with van der Waals surface area (Å²) in [6.07, 6.45) is 0. The average Bonchev–Trinajstić information content (AvgIpc) is 3.23. The molecule has 0 spiro atoms. The number of ether oxygens (including phenoxy) is 2. The van der Waals surface area contributed by atoms with Crippen molar-refractivity contribution in [2.24, 2.45) is 0 Å². The van der Waals surface area contributed by atoms with E-state index < -0.39 is 5.82 Å². The number of para-hydroxylation sites is 1. The number of halogens is 1. The van der Waals surface area contributed by atoms with Crippen molar-refractivity contribution in [2.45, 2.75) is 12.1 Å². The molecule has 2 heterocycles. The van der Waals surface area contributed by atoms with Gasteiger partial charge in [0.05, 0.1) is 31.3 Å². The number of morpholine rings is 1. The van der Waals surface area contributed by atoms with E-state index in [1.54, 1.807) is 27.7 Å². The number of carbonyl (C=O) groups is 1. The van der Waals surface area contributed by atoms with Crippen LogP contribution >= 0.6 is 11.8 Å². The average molecular weight is 443 g/mol. The molecule has 2 aromatic carbocycles. The number of thioether (sulfide) groups is 1. The minimum Gasteiger partial charge on any atom is -0.494 e. The van der Waals surface area contributed by atoms with Gasteiger partial charge in [0.1, 0.15) is 11.6 Å². The van der Waals surface area contributed by atoms with E-state index in [-0.39, 0.29) is 11.7 Å². The van der Waals surface area contributed by atoms with E-state index in [9.17, 15) is 9.18 Å². The molecular weight excluding hydrogens is 419 g/mol. The quantitative estimate of drug-likeness (QED) is 0.522. The second-order valence-corrected chi connectivity index (χ2v) is 7.77. The predicted octanol–water partition coefficient (Wildman–Crippen LogP) is 3.42. The Morgan fingerprint density at radius 2 is 1.87 bits per heavy atom. The lowest BCUT2D eigenvalue weighted by atomic mass is 10.2. The molecule has 0 radical (unpaired) electrons. The molecule has 3 aromatic rings. The van der Waals surface area contributed by atoms with E-state index in [2.05, 4.69) is 10.2 Å². The van der Waals surface area contributed by atoms with Crippen LogP contribution in [0.4, 0.5) is 4.39 Å². The first kappa shape index (κ1) is 21.3. The minimum atomic E-state index is -0.393. The first-order valence-corrected chi connectivity index (χ1v) is 11.1. The van der Waals surface area contributed by atoms with Crippen LogP contribution in [0.1, 0.15) is 6.92 Å². The van der Waals surface area contributed by atoms with Gasteiger partial charge in [0.25, 0.3) is 0 Å². The number of benzene rings is 2. The number of hydrogen-bond acceptors (Lipinski definition) is 6. The molecule has 1 aliphatic heterocycles. The van der Waals surface area contributed by atoms with Crippen LogP contribution in [0.25, 0.3) is 17.1 Å². The Hall–Kier alpha value is -2.91. The zero-order valence-electron chi connectivity index (χ0n) is 17.2. The van der Waals surface area contributed by atoms with Crippen LogP contribution < -0.4 is 4.74 Å². The summed E-state index contributed by atoms with van der Waals surface area (Å²) in [6, 6.07) is 13.9. The van der Waals surface area contributed by atoms with Crippen LogP contribution in [0, 0.1) is 5.82 Å². The first-order chi connectivity index (χ1) is 15.2. The predicted molar refractivity (Wildman–Crippen MR) is 116 cm³/mol. The summed E-state index contributed by atoms with van der Waals surface area (Å²) in [5.41, 5.74) is 1.10. The highest BCUT2D eigenvalue weighted by molar-refractivity contribution is 7.99. The summed E-state index contributed by atoms with van der Waals surface area (Å²) in [6.45, 7) is 4.74. The zero-order valence-corrected chi connectivity index (χ0v) is 18.0. The lowest BCUT2D eigenvalue weighted by Crippen LogP contribution is -2.41. The van der Waals surface area contributed by atoms with E-state index in [1.807, 2.05) is 31.2 Å². The fraction of sp³-hybridized carbons (Fsp3) is 0.318. The second-order valence-electron chi connectivity index (χ2n) is 6.83. The summed E-state index contributed by atoms with van der Waals surface area (Å²) >= 11 is 1.25. The van der Waals surface area contributed by atoms with Crippen molar-refractivity contribution in [3.05, 3.63) is 54.3 Å². The van der Waals surface area contributed by atoms with Gasteiger partial charge in [0, 0.05) is 18.7 Å². The zero-order chi connectivity index (χ0) is 21.6. The van der Waals surface area contributed by atoms with E-state index in [0.29, 0.717) is 49.6 Å². The molecule has 0 saturated carbocycles.